The Morgan fingerprint density at radius 3 is 1.85 bits per heavy atom. The highest BCUT2D eigenvalue weighted by molar-refractivity contribution is 7.00. The van der Waals surface area contributed by atoms with E-state index in [0.29, 0.717) is 0 Å². The Morgan fingerprint density at radius 1 is 0.492 bits per heavy atom. The first kappa shape index (κ1) is 38.2. The summed E-state index contributed by atoms with van der Waals surface area (Å²) in [5.41, 5.74) is 26.6. The Labute approximate surface area is 364 Å². The average molecular weight is 793 g/mol. The summed E-state index contributed by atoms with van der Waals surface area (Å²) in [6, 6.07) is 51.8. The van der Waals surface area contributed by atoms with Crippen LogP contribution in [0.1, 0.15) is 108 Å². The molecular formula is C58H57BN2. The van der Waals surface area contributed by atoms with Gasteiger partial charge in [-0.25, -0.2) is 0 Å². The molecule has 0 unspecified atom stereocenters. The van der Waals surface area contributed by atoms with E-state index < -0.39 is 0 Å². The summed E-state index contributed by atoms with van der Waals surface area (Å²) in [5, 5.41) is 0. The third kappa shape index (κ3) is 5.41. The van der Waals surface area contributed by atoms with Crippen molar-refractivity contribution in [1.29, 1.82) is 0 Å². The molecule has 0 fully saturated rings. The smallest absolute Gasteiger partial charge is 0.252 e. The van der Waals surface area contributed by atoms with Gasteiger partial charge in [0, 0.05) is 39.4 Å². The van der Waals surface area contributed by atoms with Gasteiger partial charge in [0.15, 0.2) is 0 Å². The normalized spacial score (nSPS) is 17.0. The van der Waals surface area contributed by atoms with Crippen molar-refractivity contribution in [1.82, 2.24) is 0 Å². The summed E-state index contributed by atoms with van der Waals surface area (Å²) in [7, 11) is 0. The van der Waals surface area contributed by atoms with E-state index in [1.807, 2.05) is 0 Å². The van der Waals surface area contributed by atoms with Crippen molar-refractivity contribution >= 4 is 57.2 Å². The van der Waals surface area contributed by atoms with Crippen LogP contribution in [0.25, 0.3) is 22.3 Å². The molecule has 0 amide bonds. The number of hydrogen-bond donors (Lipinski definition) is 0. The number of hydrogen-bond acceptors (Lipinski definition) is 2. The maximum atomic E-state index is 2.66. The molecule has 0 bridgehead atoms. The van der Waals surface area contributed by atoms with Crippen LogP contribution in [0.2, 0.25) is 0 Å². The van der Waals surface area contributed by atoms with Gasteiger partial charge in [0.2, 0.25) is 0 Å². The molecule has 7 aromatic carbocycles. The molecule has 4 aliphatic rings. The fourth-order valence-corrected chi connectivity index (χ4v) is 12.2. The lowest BCUT2D eigenvalue weighted by Gasteiger charge is -2.46. The molecule has 2 aliphatic carbocycles. The van der Waals surface area contributed by atoms with Crippen LogP contribution in [0, 0.1) is 13.8 Å². The van der Waals surface area contributed by atoms with Gasteiger partial charge in [0.05, 0.1) is 5.69 Å². The lowest BCUT2D eigenvalue weighted by molar-refractivity contribution is 0.403. The summed E-state index contributed by atoms with van der Waals surface area (Å²) in [6.45, 7) is 26.4. The highest BCUT2D eigenvalue weighted by Crippen LogP contribution is 2.56. The quantitative estimate of drug-likeness (QED) is 0.164. The van der Waals surface area contributed by atoms with Gasteiger partial charge in [-0.1, -0.05) is 159 Å². The second-order valence-corrected chi connectivity index (χ2v) is 21.5. The Hall–Kier alpha value is -5.80. The van der Waals surface area contributed by atoms with Gasteiger partial charge in [-0.15, -0.1) is 0 Å². The second kappa shape index (κ2) is 12.6. The molecule has 2 heterocycles. The van der Waals surface area contributed by atoms with E-state index in [1.54, 1.807) is 0 Å². The minimum absolute atomic E-state index is 0.0182. The number of nitrogens with zero attached hydrogens (tertiary/aromatic N) is 2. The van der Waals surface area contributed by atoms with Gasteiger partial charge in [0.1, 0.15) is 0 Å². The summed E-state index contributed by atoms with van der Waals surface area (Å²) in [4.78, 5) is 5.31. The summed E-state index contributed by atoms with van der Waals surface area (Å²) >= 11 is 0. The predicted octanol–water partition coefficient (Wildman–Crippen LogP) is 13.6. The minimum atomic E-state index is -0.108. The third-order valence-electron chi connectivity index (χ3n) is 14.9. The first-order chi connectivity index (χ1) is 29.0. The molecule has 302 valence electrons. The van der Waals surface area contributed by atoms with E-state index in [-0.39, 0.29) is 28.4 Å². The standard InChI is InChI=1S/C58H57BN2/c1-35-28-51-54-52(29-35)61(49-30-38(25-24-36(49)2)37-18-13-12-14-19-37)50-33-44-43(56(6,7)34-57(44,8)9)32-46(50)59(54)45-31-39(55(3,4)5)26-27-47(45)60(51)48-23-17-22-42-53(48)40-20-15-16-21-41(40)58(42,10)11/h12-33H,34H2,1-11H3. The first-order valence-corrected chi connectivity index (χ1v) is 22.4. The minimum Gasteiger partial charge on any atom is -0.311 e. The highest BCUT2D eigenvalue weighted by Gasteiger charge is 2.49. The zero-order valence-electron chi connectivity index (χ0n) is 37.9. The first-order valence-electron chi connectivity index (χ1n) is 22.4. The van der Waals surface area contributed by atoms with Crippen molar-refractivity contribution in [3.8, 4) is 22.3 Å². The Kier molecular flexibility index (Phi) is 7.90. The lowest BCUT2D eigenvalue weighted by Crippen LogP contribution is -2.62. The van der Waals surface area contributed by atoms with Crippen LogP contribution in [0.15, 0.2) is 133 Å². The predicted molar refractivity (Wildman–Crippen MR) is 262 cm³/mol. The second-order valence-electron chi connectivity index (χ2n) is 21.5. The van der Waals surface area contributed by atoms with Gasteiger partial charge in [-0.3, -0.25) is 0 Å². The van der Waals surface area contributed by atoms with Crippen molar-refractivity contribution in [3.05, 3.63) is 172 Å². The van der Waals surface area contributed by atoms with E-state index in [9.17, 15) is 0 Å². The molecule has 61 heavy (non-hydrogen) atoms. The highest BCUT2D eigenvalue weighted by atomic mass is 15.2. The molecule has 0 saturated heterocycles. The molecule has 11 rings (SSSR count). The van der Waals surface area contributed by atoms with E-state index >= 15 is 0 Å². The number of aryl methyl sites for hydroxylation is 2. The zero-order chi connectivity index (χ0) is 42.5. The molecule has 0 radical (unpaired) electrons. The Morgan fingerprint density at radius 2 is 1.13 bits per heavy atom. The van der Waals surface area contributed by atoms with Crippen molar-refractivity contribution < 1.29 is 0 Å². The van der Waals surface area contributed by atoms with E-state index in [0.717, 1.165) is 6.42 Å². The van der Waals surface area contributed by atoms with E-state index in [4.69, 9.17) is 0 Å². The van der Waals surface area contributed by atoms with Crippen molar-refractivity contribution in [2.24, 2.45) is 0 Å². The van der Waals surface area contributed by atoms with Crippen LogP contribution in [0.4, 0.5) is 34.1 Å². The molecular weight excluding hydrogens is 735 g/mol. The molecule has 0 N–H and O–H groups in total. The number of anilines is 6. The fraction of sp³-hybridized carbons (Fsp3) is 0.276. The molecule has 2 nitrogen and oxygen atoms in total. The Bertz CT molecular complexity index is 3000. The van der Waals surface area contributed by atoms with Crippen LogP contribution in [-0.2, 0) is 21.7 Å². The van der Waals surface area contributed by atoms with Gasteiger partial charge in [-0.05, 0) is 145 Å². The molecule has 2 aliphatic heterocycles. The van der Waals surface area contributed by atoms with Gasteiger partial charge in [-0.2, -0.15) is 0 Å². The zero-order valence-corrected chi connectivity index (χ0v) is 37.9. The molecule has 3 heteroatoms. The monoisotopic (exact) mass is 792 g/mol. The van der Waals surface area contributed by atoms with Gasteiger partial charge >= 0.3 is 0 Å². The molecule has 0 aromatic heterocycles. The van der Waals surface area contributed by atoms with Crippen LogP contribution < -0.4 is 26.2 Å². The molecule has 0 spiro atoms. The number of benzene rings is 7. The average Bonchev–Trinajstić information content (AvgIpc) is 3.57. The van der Waals surface area contributed by atoms with Gasteiger partial charge < -0.3 is 9.80 Å². The topological polar surface area (TPSA) is 6.48 Å². The molecule has 0 saturated carbocycles. The fourth-order valence-electron chi connectivity index (χ4n) is 12.2. The SMILES string of the molecule is Cc1cc2c3c(c1)N(c1cccc4c1-c1ccccc1C4(C)C)c1ccc(C(C)(C)C)cc1B3c1cc3c(cc1N2c1cc(-c2ccccc2)ccc1C)C(C)(C)CC3(C)C. The number of fused-ring (bicyclic) bond motifs is 8. The number of rotatable bonds is 3. The van der Waals surface area contributed by atoms with Crippen LogP contribution in [-0.4, -0.2) is 6.71 Å². The van der Waals surface area contributed by atoms with Crippen LogP contribution in [0.3, 0.4) is 0 Å². The largest absolute Gasteiger partial charge is 0.311 e. The summed E-state index contributed by atoms with van der Waals surface area (Å²) in [5.74, 6) is 0. The van der Waals surface area contributed by atoms with Crippen molar-refractivity contribution in [2.75, 3.05) is 9.80 Å². The van der Waals surface area contributed by atoms with E-state index in [2.05, 4.69) is 219 Å². The summed E-state index contributed by atoms with van der Waals surface area (Å²) < 4.78 is 0. The van der Waals surface area contributed by atoms with E-state index in [1.165, 1.54) is 112 Å². The Balaban J connectivity index is 1.27. The summed E-state index contributed by atoms with van der Waals surface area (Å²) in [6.07, 6.45) is 1.12. The maximum Gasteiger partial charge on any atom is 0.252 e. The molecule has 0 atom stereocenters. The lowest BCUT2D eigenvalue weighted by atomic mass is 9.33. The maximum absolute atomic E-state index is 2.66. The third-order valence-corrected chi connectivity index (χ3v) is 14.9. The van der Waals surface area contributed by atoms with Crippen molar-refractivity contribution in [2.45, 2.75) is 104 Å². The van der Waals surface area contributed by atoms with Crippen LogP contribution in [0.5, 0.6) is 0 Å². The van der Waals surface area contributed by atoms with Crippen LogP contribution >= 0.6 is 0 Å². The molecule has 7 aromatic rings. The van der Waals surface area contributed by atoms with Crippen molar-refractivity contribution in [3.63, 3.8) is 0 Å². The van der Waals surface area contributed by atoms with Gasteiger partial charge in [0.25, 0.3) is 6.71 Å².